The van der Waals surface area contributed by atoms with E-state index in [1.807, 2.05) is 24.3 Å². The molecule has 1 amide bonds. The monoisotopic (exact) mass is 459 g/mol. The van der Waals surface area contributed by atoms with Crippen LogP contribution in [0.1, 0.15) is 37.8 Å². The highest BCUT2D eigenvalue weighted by Gasteiger charge is 2.44. The number of likely N-dealkylation sites (tertiary alicyclic amines) is 1. The number of fused-ring (bicyclic) bond motifs is 1. The van der Waals surface area contributed by atoms with Gasteiger partial charge in [0.15, 0.2) is 0 Å². The van der Waals surface area contributed by atoms with E-state index in [0.717, 1.165) is 37.2 Å². The number of carbonyl (C=O) groups excluding carboxylic acids is 1. The summed E-state index contributed by atoms with van der Waals surface area (Å²) < 4.78 is 41.6. The molecule has 2 aromatic rings. The maximum Gasteiger partial charge on any atom is 0.244 e. The molecule has 2 aliphatic heterocycles. The third kappa shape index (κ3) is 4.60. The number of para-hydroxylation sites is 1. The average molecular weight is 460 g/mol. The Balaban J connectivity index is 1.68. The summed E-state index contributed by atoms with van der Waals surface area (Å²) in [6, 6.07) is 11.7. The van der Waals surface area contributed by atoms with Crippen molar-refractivity contribution in [2.75, 3.05) is 32.6 Å². The predicted octanol–water partition coefficient (Wildman–Crippen LogP) is 2.92. The molecule has 9 heteroatoms. The number of amides is 1. The van der Waals surface area contributed by atoms with Crippen molar-refractivity contribution in [1.29, 1.82) is 0 Å². The second-order valence-corrected chi connectivity index (χ2v) is 10.2. The van der Waals surface area contributed by atoms with Crippen molar-refractivity contribution in [3.8, 4) is 11.5 Å². The zero-order chi connectivity index (χ0) is 22.9. The van der Waals surface area contributed by atoms with E-state index < -0.39 is 21.7 Å². The summed E-state index contributed by atoms with van der Waals surface area (Å²) in [4.78, 5) is 13.7. The van der Waals surface area contributed by atoms with Gasteiger partial charge < -0.3 is 19.7 Å². The molecule has 2 aliphatic rings. The van der Waals surface area contributed by atoms with Crippen LogP contribution in [-0.2, 0) is 14.8 Å². The fourth-order valence-electron chi connectivity index (χ4n) is 4.47. The molecule has 8 nitrogen and oxygen atoms in total. The molecule has 0 aliphatic carbocycles. The lowest BCUT2D eigenvalue weighted by molar-refractivity contribution is -0.114. The maximum absolute atomic E-state index is 13.5. The Morgan fingerprint density at radius 1 is 1.19 bits per heavy atom. The maximum atomic E-state index is 13.5. The third-order valence-electron chi connectivity index (χ3n) is 6.17. The molecule has 32 heavy (non-hydrogen) atoms. The molecular formula is C23H29N3O5S. The standard InChI is InChI=1S/C23H29N3O5S/c1-16(27)24-17-8-9-21(30-3)22(14-17)32(28,29)25-19-15-23(10-12-26(2)13-11-23)31-20-7-5-4-6-18(19)20/h4-9,14,19,25H,10-13,15H2,1-3H3,(H,24,27)/t19-/m0/s1. The van der Waals surface area contributed by atoms with E-state index in [4.69, 9.17) is 9.47 Å². The SMILES string of the molecule is COc1ccc(NC(C)=O)cc1S(=O)(=O)N[C@H]1CC2(CCN(C)CC2)Oc2ccccc21. The van der Waals surface area contributed by atoms with Gasteiger partial charge in [-0.15, -0.1) is 0 Å². The third-order valence-corrected chi connectivity index (χ3v) is 7.66. The van der Waals surface area contributed by atoms with Crippen molar-refractivity contribution in [3.63, 3.8) is 0 Å². The molecule has 0 unspecified atom stereocenters. The van der Waals surface area contributed by atoms with Crippen LogP contribution in [0.25, 0.3) is 0 Å². The lowest BCUT2D eigenvalue weighted by Crippen LogP contribution is -2.51. The van der Waals surface area contributed by atoms with E-state index in [9.17, 15) is 13.2 Å². The number of piperidine rings is 1. The lowest BCUT2D eigenvalue weighted by Gasteiger charge is -2.46. The number of hydrogen-bond donors (Lipinski definition) is 2. The number of benzene rings is 2. The normalized spacial score (nSPS) is 20.3. The molecule has 172 valence electrons. The second kappa shape index (κ2) is 8.73. The fourth-order valence-corrected chi connectivity index (χ4v) is 5.88. The number of carbonyl (C=O) groups is 1. The van der Waals surface area contributed by atoms with Crippen molar-refractivity contribution in [2.45, 2.75) is 42.7 Å². The molecule has 0 aromatic heterocycles. The van der Waals surface area contributed by atoms with Gasteiger partial charge in [0.05, 0.1) is 13.2 Å². The molecule has 0 bridgehead atoms. The van der Waals surface area contributed by atoms with Crippen molar-refractivity contribution in [3.05, 3.63) is 48.0 Å². The van der Waals surface area contributed by atoms with Crippen LogP contribution in [0, 0.1) is 0 Å². The minimum absolute atomic E-state index is 0.0207. The lowest BCUT2D eigenvalue weighted by atomic mass is 9.81. The van der Waals surface area contributed by atoms with Crippen LogP contribution in [0.4, 0.5) is 5.69 Å². The van der Waals surface area contributed by atoms with Gasteiger partial charge in [0, 0.05) is 37.7 Å². The minimum atomic E-state index is -3.96. The number of nitrogens with one attached hydrogen (secondary N) is 2. The van der Waals surface area contributed by atoms with Crippen LogP contribution in [0.3, 0.4) is 0 Å². The Bertz CT molecular complexity index is 1110. The smallest absolute Gasteiger partial charge is 0.244 e. The van der Waals surface area contributed by atoms with Gasteiger partial charge in [-0.25, -0.2) is 13.1 Å². The van der Waals surface area contributed by atoms with E-state index in [0.29, 0.717) is 12.1 Å². The molecule has 2 heterocycles. The zero-order valence-electron chi connectivity index (χ0n) is 18.6. The Morgan fingerprint density at radius 2 is 1.91 bits per heavy atom. The van der Waals surface area contributed by atoms with Crippen LogP contribution in [0.2, 0.25) is 0 Å². The summed E-state index contributed by atoms with van der Waals surface area (Å²) >= 11 is 0. The average Bonchev–Trinajstić information content (AvgIpc) is 2.75. The largest absolute Gasteiger partial charge is 0.495 e. The minimum Gasteiger partial charge on any atom is -0.495 e. The Kier molecular flexibility index (Phi) is 6.15. The molecule has 1 saturated heterocycles. The van der Waals surface area contributed by atoms with E-state index in [2.05, 4.69) is 22.0 Å². The summed E-state index contributed by atoms with van der Waals surface area (Å²) in [6.45, 7) is 3.17. The highest BCUT2D eigenvalue weighted by atomic mass is 32.2. The van der Waals surface area contributed by atoms with Gasteiger partial charge in [-0.3, -0.25) is 4.79 Å². The van der Waals surface area contributed by atoms with Crippen LogP contribution < -0.4 is 19.5 Å². The number of rotatable bonds is 5. The molecule has 1 spiro atoms. The van der Waals surface area contributed by atoms with E-state index in [1.165, 1.54) is 26.2 Å². The number of anilines is 1. The van der Waals surface area contributed by atoms with Crippen molar-refractivity contribution in [1.82, 2.24) is 9.62 Å². The van der Waals surface area contributed by atoms with E-state index in [1.54, 1.807) is 6.07 Å². The highest BCUT2D eigenvalue weighted by Crippen LogP contribution is 2.44. The first-order chi connectivity index (χ1) is 15.2. The summed E-state index contributed by atoms with van der Waals surface area (Å²) in [5.41, 5.74) is 0.798. The first kappa shape index (κ1) is 22.6. The number of methoxy groups -OCH3 is 1. The summed E-state index contributed by atoms with van der Waals surface area (Å²) in [7, 11) is -0.460. The molecular weight excluding hydrogens is 430 g/mol. The Labute approximate surface area is 189 Å². The van der Waals surface area contributed by atoms with Crippen LogP contribution >= 0.6 is 0 Å². The van der Waals surface area contributed by atoms with E-state index >= 15 is 0 Å². The van der Waals surface area contributed by atoms with Crippen molar-refractivity contribution >= 4 is 21.6 Å². The first-order valence-corrected chi connectivity index (χ1v) is 12.1. The highest BCUT2D eigenvalue weighted by molar-refractivity contribution is 7.89. The summed E-state index contributed by atoms with van der Waals surface area (Å²) in [6.07, 6.45) is 2.21. The predicted molar refractivity (Wildman–Crippen MR) is 122 cm³/mol. The molecule has 4 rings (SSSR count). The Morgan fingerprint density at radius 3 is 2.59 bits per heavy atom. The number of sulfonamides is 1. The molecule has 0 radical (unpaired) electrons. The molecule has 2 aromatic carbocycles. The van der Waals surface area contributed by atoms with Crippen LogP contribution in [0.5, 0.6) is 11.5 Å². The van der Waals surface area contributed by atoms with E-state index in [-0.39, 0.29) is 16.6 Å². The second-order valence-electron chi connectivity index (χ2n) is 8.55. The number of ether oxygens (including phenoxy) is 2. The van der Waals surface area contributed by atoms with Gasteiger partial charge in [-0.05, 0) is 44.2 Å². The van der Waals surface area contributed by atoms with Crippen molar-refractivity contribution in [2.24, 2.45) is 0 Å². The number of nitrogens with zero attached hydrogens (tertiary/aromatic N) is 1. The van der Waals surface area contributed by atoms with Gasteiger partial charge in [-0.2, -0.15) is 0 Å². The first-order valence-electron chi connectivity index (χ1n) is 10.7. The molecule has 1 fully saturated rings. The summed E-state index contributed by atoms with van der Waals surface area (Å²) in [5, 5.41) is 2.63. The zero-order valence-corrected chi connectivity index (χ0v) is 19.4. The van der Waals surface area contributed by atoms with Gasteiger partial charge >= 0.3 is 0 Å². The molecule has 1 atom stereocenters. The molecule has 0 saturated carbocycles. The van der Waals surface area contributed by atoms with Gasteiger partial charge in [-0.1, -0.05) is 18.2 Å². The topological polar surface area (TPSA) is 97.0 Å². The van der Waals surface area contributed by atoms with Crippen LogP contribution in [-0.4, -0.2) is 52.1 Å². The van der Waals surface area contributed by atoms with Crippen LogP contribution in [0.15, 0.2) is 47.4 Å². The van der Waals surface area contributed by atoms with Gasteiger partial charge in [0.2, 0.25) is 15.9 Å². The quantitative estimate of drug-likeness (QED) is 0.714. The molecule has 2 N–H and O–H groups in total. The number of hydrogen-bond acceptors (Lipinski definition) is 6. The summed E-state index contributed by atoms with van der Waals surface area (Å²) in [5.74, 6) is 0.643. The fraction of sp³-hybridized carbons (Fsp3) is 0.435. The van der Waals surface area contributed by atoms with Gasteiger partial charge in [0.1, 0.15) is 22.0 Å². The Hall–Kier alpha value is -2.62. The van der Waals surface area contributed by atoms with Crippen molar-refractivity contribution < 1.29 is 22.7 Å². The van der Waals surface area contributed by atoms with Gasteiger partial charge in [0.25, 0.3) is 0 Å².